The fourth-order valence-electron chi connectivity index (χ4n) is 3.26. The molecule has 4 rings (SSSR count). The second-order valence-electron chi connectivity index (χ2n) is 6.15. The molecule has 128 valence electrons. The molecule has 2 heterocycles. The molecule has 5 nitrogen and oxygen atoms in total. The largest absolute Gasteiger partial charge is 0.493 e. The lowest BCUT2D eigenvalue weighted by molar-refractivity contribution is -0.121. The molecule has 1 saturated heterocycles. The Balaban J connectivity index is 1.56. The van der Waals surface area contributed by atoms with E-state index in [1.54, 1.807) is 6.07 Å². The number of amides is 2. The Morgan fingerprint density at radius 1 is 1.08 bits per heavy atom. The highest BCUT2D eigenvalue weighted by Crippen LogP contribution is 2.31. The van der Waals surface area contributed by atoms with Crippen molar-refractivity contribution in [3.05, 3.63) is 53.3 Å². The van der Waals surface area contributed by atoms with Crippen LogP contribution in [0, 0.1) is 5.82 Å². The molecule has 0 atom stereocenters. The summed E-state index contributed by atoms with van der Waals surface area (Å²) < 4.78 is 19.8. The van der Waals surface area contributed by atoms with Crippen molar-refractivity contribution in [3.63, 3.8) is 0 Å². The first-order chi connectivity index (χ1) is 12.1. The second-order valence-corrected chi connectivity index (χ2v) is 6.15. The third kappa shape index (κ3) is 2.84. The maximum atomic E-state index is 14.1. The van der Waals surface area contributed by atoms with E-state index in [1.165, 1.54) is 17.7 Å². The van der Waals surface area contributed by atoms with Crippen LogP contribution in [0.25, 0.3) is 0 Å². The molecule has 0 aliphatic carbocycles. The normalized spacial score (nSPS) is 16.1. The van der Waals surface area contributed by atoms with Gasteiger partial charge in [0.15, 0.2) is 0 Å². The predicted molar refractivity (Wildman–Crippen MR) is 91.1 cm³/mol. The molecule has 2 aliphatic rings. The van der Waals surface area contributed by atoms with E-state index in [0.29, 0.717) is 18.8 Å². The minimum atomic E-state index is -0.585. The molecular weight excluding hydrogens is 323 g/mol. The molecule has 0 aromatic heterocycles. The zero-order valence-electron chi connectivity index (χ0n) is 13.5. The first-order valence-corrected chi connectivity index (χ1v) is 8.26. The van der Waals surface area contributed by atoms with Gasteiger partial charge in [-0.25, -0.2) is 9.29 Å². The topological polar surface area (TPSA) is 58.6 Å². The minimum Gasteiger partial charge on any atom is -0.493 e. The number of hydrogen-bond acceptors (Lipinski definition) is 4. The van der Waals surface area contributed by atoms with Crippen molar-refractivity contribution in [2.75, 3.05) is 16.8 Å². The van der Waals surface area contributed by atoms with Gasteiger partial charge in [-0.05, 0) is 23.8 Å². The third-order valence-electron chi connectivity index (χ3n) is 4.52. The van der Waals surface area contributed by atoms with Crippen LogP contribution >= 0.6 is 0 Å². The Morgan fingerprint density at radius 3 is 2.68 bits per heavy atom. The molecule has 2 aromatic carbocycles. The van der Waals surface area contributed by atoms with Crippen LogP contribution < -0.4 is 15.0 Å². The van der Waals surface area contributed by atoms with Crippen molar-refractivity contribution in [3.8, 4) is 5.75 Å². The number of rotatable bonds is 4. The molecule has 0 saturated carbocycles. The fraction of sp³-hybridized carbons (Fsp3) is 0.263. The summed E-state index contributed by atoms with van der Waals surface area (Å²) in [5.74, 6) is -0.411. The summed E-state index contributed by atoms with van der Waals surface area (Å²) in [6.45, 7) is 1.20. The number of ether oxygens (including phenoxy) is 1. The Kier molecular flexibility index (Phi) is 3.87. The highest BCUT2D eigenvalue weighted by Gasteiger charge is 2.32. The number of halogens is 1. The van der Waals surface area contributed by atoms with E-state index in [0.717, 1.165) is 22.6 Å². The number of nitrogens with one attached hydrogen (secondary N) is 1. The van der Waals surface area contributed by atoms with Crippen LogP contribution in [-0.4, -0.2) is 18.4 Å². The first-order valence-electron chi connectivity index (χ1n) is 8.26. The van der Waals surface area contributed by atoms with Gasteiger partial charge in [0.1, 0.15) is 11.6 Å². The molecule has 0 radical (unpaired) electrons. The average molecular weight is 340 g/mol. The number of benzene rings is 2. The van der Waals surface area contributed by atoms with Crippen molar-refractivity contribution in [2.45, 2.75) is 25.8 Å². The number of carbonyl (C=O) groups is 2. The molecule has 0 unspecified atom stereocenters. The van der Waals surface area contributed by atoms with Gasteiger partial charge in [0, 0.05) is 37.1 Å². The summed E-state index contributed by atoms with van der Waals surface area (Å²) in [5.41, 5.74) is 2.85. The van der Waals surface area contributed by atoms with E-state index in [4.69, 9.17) is 4.74 Å². The van der Waals surface area contributed by atoms with Crippen molar-refractivity contribution < 1.29 is 18.7 Å². The molecule has 6 heteroatoms. The molecule has 0 bridgehead atoms. The van der Waals surface area contributed by atoms with Gasteiger partial charge in [0.25, 0.3) is 0 Å². The Bertz CT molecular complexity index is 850. The van der Waals surface area contributed by atoms with Gasteiger partial charge in [-0.1, -0.05) is 18.2 Å². The van der Waals surface area contributed by atoms with E-state index in [2.05, 4.69) is 5.32 Å². The number of hydrogen-bond donors (Lipinski definition) is 1. The lowest BCUT2D eigenvalue weighted by atomic mass is 10.1. The van der Waals surface area contributed by atoms with Crippen molar-refractivity contribution in [1.29, 1.82) is 0 Å². The number of nitrogens with zero attached hydrogens (tertiary/aromatic N) is 1. The second kappa shape index (κ2) is 6.20. The van der Waals surface area contributed by atoms with Crippen LogP contribution in [0.15, 0.2) is 36.4 Å². The Morgan fingerprint density at radius 2 is 1.88 bits per heavy atom. The van der Waals surface area contributed by atoms with E-state index >= 15 is 0 Å². The SMILES string of the molecule is O=C1CCC(=O)N1c1cc(NCc2cccc3c2OCC3)ccc1F. The van der Waals surface area contributed by atoms with E-state index in [1.807, 2.05) is 18.2 Å². The quantitative estimate of drug-likeness (QED) is 0.869. The van der Waals surface area contributed by atoms with Gasteiger partial charge >= 0.3 is 0 Å². The third-order valence-corrected chi connectivity index (χ3v) is 4.52. The summed E-state index contributed by atoms with van der Waals surface area (Å²) in [4.78, 5) is 24.6. The molecule has 2 amide bonds. The average Bonchev–Trinajstić information content (AvgIpc) is 3.21. The smallest absolute Gasteiger partial charge is 0.234 e. The zero-order valence-corrected chi connectivity index (χ0v) is 13.5. The number of fused-ring (bicyclic) bond motifs is 1. The number of para-hydroxylation sites is 1. The number of anilines is 2. The molecule has 1 fully saturated rings. The van der Waals surface area contributed by atoms with Crippen molar-refractivity contribution >= 4 is 23.2 Å². The molecule has 2 aliphatic heterocycles. The lowest BCUT2D eigenvalue weighted by Gasteiger charge is -2.17. The van der Waals surface area contributed by atoms with E-state index < -0.39 is 5.82 Å². The van der Waals surface area contributed by atoms with Crippen molar-refractivity contribution in [1.82, 2.24) is 0 Å². The van der Waals surface area contributed by atoms with Crippen LogP contribution in [0.3, 0.4) is 0 Å². The van der Waals surface area contributed by atoms with Crippen molar-refractivity contribution in [2.24, 2.45) is 0 Å². The summed E-state index contributed by atoms with van der Waals surface area (Å²) in [6, 6.07) is 10.4. The van der Waals surface area contributed by atoms with Gasteiger partial charge in [0.2, 0.25) is 11.8 Å². The fourth-order valence-corrected chi connectivity index (χ4v) is 3.26. The highest BCUT2D eigenvalue weighted by molar-refractivity contribution is 6.20. The van der Waals surface area contributed by atoms with Crippen LogP contribution in [0.4, 0.5) is 15.8 Å². The molecule has 25 heavy (non-hydrogen) atoms. The maximum Gasteiger partial charge on any atom is 0.234 e. The minimum absolute atomic E-state index is 0.00652. The monoisotopic (exact) mass is 340 g/mol. The van der Waals surface area contributed by atoms with Gasteiger partial charge in [-0.3, -0.25) is 9.59 Å². The van der Waals surface area contributed by atoms with E-state index in [9.17, 15) is 14.0 Å². The summed E-state index contributed by atoms with van der Waals surface area (Å²) in [7, 11) is 0. The molecule has 2 aromatic rings. The first kappa shape index (κ1) is 15.6. The van der Waals surface area contributed by atoms with Crippen LogP contribution in [0.2, 0.25) is 0 Å². The standard InChI is InChI=1S/C19H17FN2O3/c20-15-5-4-14(10-16(15)22-17(23)6-7-18(22)24)21-11-13-3-1-2-12-8-9-25-19(12)13/h1-5,10,21H,6-9,11H2. The Hall–Kier alpha value is -2.89. The summed E-state index contributed by atoms with van der Waals surface area (Å²) >= 11 is 0. The molecule has 0 spiro atoms. The van der Waals surface area contributed by atoms with Gasteiger partial charge in [0.05, 0.1) is 12.3 Å². The highest BCUT2D eigenvalue weighted by atomic mass is 19.1. The van der Waals surface area contributed by atoms with Gasteiger partial charge in [-0.15, -0.1) is 0 Å². The van der Waals surface area contributed by atoms with Gasteiger partial charge < -0.3 is 10.1 Å². The van der Waals surface area contributed by atoms with Gasteiger partial charge in [-0.2, -0.15) is 0 Å². The van der Waals surface area contributed by atoms with Crippen LogP contribution in [0.1, 0.15) is 24.0 Å². The van der Waals surface area contributed by atoms with E-state index in [-0.39, 0.29) is 30.3 Å². The zero-order chi connectivity index (χ0) is 17.4. The summed E-state index contributed by atoms with van der Waals surface area (Å²) in [5, 5.41) is 3.22. The van der Waals surface area contributed by atoms with Crippen LogP contribution in [-0.2, 0) is 22.6 Å². The molecular formula is C19H17FN2O3. The lowest BCUT2D eigenvalue weighted by Crippen LogP contribution is -2.29. The Labute approximate surface area is 144 Å². The number of carbonyl (C=O) groups excluding carboxylic acids is 2. The summed E-state index contributed by atoms with van der Waals surface area (Å²) in [6.07, 6.45) is 1.16. The van der Waals surface area contributed by atoms with Crippen LogP contribution in [0.5, 0.6) is 5.75 Å². The maximum absolute atomic E-state index is 14.1. The molecule has 1 N–H and O–H groups in total. The number of imide groups is 1. The predicted octanol–water partition coefficient (Wildman–Crippen LogP) is 3.03.